The van der Waals surface area contributed by atoms with Crippen molar-refractivity contribution in [2.24, 2.45) is 0 Å². The molecule has 0 saturated heterocycles. The van der Waals surface area contributed by atoms with Gasteiger partial charge in [0.25, 0.3) is 11.1 Å². The maximum absolute atomic E-state index is 13.5. The maximum atomic E-state index is 13.5. The number of pyridine rings is 2. The fraction of sp³-hybridized carbons (Fsp3) is 0.143. The van der Waals surface area contributed by atoms with Crippen molar-refractivity contribution in [1.82, 2.24) is 9.97 Å². The molecule has 4 rings (SSSR count). The minimum atomic E-state index is -1.60. The monoisotopic (exact) mass is 502 g/mol. The summed E-state index contributed by atoms with van der Waals surface area (Å²) in [4.78, 5) is 56.0. The van der Waals surface area contributed by atoms with E-state index >= 15 is 0 Å². The maximum Gasteiger partial charge on any atom is 0.349 e. The Balaban J connectivity index is 1.85. The molecule has 2 aromatic carbocycles. The molecule has 0 fully saturated rings. The van der Waals surface area contributed by atoms with Crippen LogP contribution < -0.4 is 15.9 Å². The number of benzene rings is 2. The zero-order valence-electron chi connectivity index (χ0n) is 20.1. The van der Waals surface area contributed by atoms with Crippen molar-refractivity contribution >= 4 is 11.9 Å². The molecule has 0 spiro atoms. The van der Waals surface area contributed by atoms with Gasteiger partial charge >= 0.3 is 11.9 Å². The molecular formula is C28H23FN2O6. The first kappa shape index (κ1) is 25.3. The van der Waals surface area contributed by atoms with Crippen molar-refractivity contribution in [3.63, 3.8) is 0 Å². The fourth-order valence-electron chi connectivity index (χ4n) is 4.14. The first-order chi connectivity index (χ1) is 17.7. The van der Waals surface area contributed by atoms with Crippen molar-refractivity contribution in [2.75, 3.05) is 0 Å². The van der Waals surface area contributed by atoms with Crippen LogP contribution in [-0.2, 0) is 12.8 Å². The number of halogens is 1. The smallest absolute Gasteiger partial charge is 0.349 e. The van der Waals surface area contributed by atoms with E-state index in [1.54, 1.807) is 6.92 Å². The summed E-state index contributed by atoms with van der Waals surface area (Å²) in [6.45, 7) is 3.54. The highest BCUT2D eigenvalue weighted by Crippen LogP contribution is 2.32. The molecule has 0 unspecified atom stereocenters. The van der Waals surface area contributed by atoms with E-state index in [0.717, 1.165) is 5.56 Å². The van der Waals surface area contributed by atoms with Gasteiger partial charge in [-0.15, -0.1) is 0 Å². The Hall–Kier alpha value is -4.79. The largest absolute Gasteiger partial charge is 0.477 e. The van der Waals surface area contributed by atoms with Crippen LogP contribution in [0.15, 0.2) is 70.3 Å². The average Bonchev–Trinajstić information content (AvgIpc) is 2.89. The van der Waals surface area contributed by atoms with Crippen LogP contribution in [0, 0.1) is 5.82 Å². The van der Waals surface area contributed by atoms with E-state index in [1.807, 2.05) is 37.3 Å². The van der Waals surface area contributed by atoms with E-state index in [2.05, 4.69) is 9.97 Å². The van der Waals surface area contributed by atoms with E-state index in [9.17, 15) is 28.7 Å². The number of H-pyrrole nitrogens is 2. The standard InChI is InChI=1S/C28H23FN2O6/c1-3-15-14-20(25(32)30-22(15)16-8-6-5-7-9-16)28(36)37-24-19(4-2)23(17-10-12-18(29)13-11-17)31-26(33)21(24)27(34)35/h5-14H,3-4H2,1-2H3,(H,30,32)(H,31,33)(H,34,35). The third-order valence-electron chi connectivity index (χ3n) is 5.95. The summed E-state index contributed by atoms with van der Waals surface area (Å²) in [5.41, 5.74) is -0.0616. The number of carbonyl (C=O) groups excluding carboxylic acids is 1. The SMILES string of the molecule is CCc1cc(C(=O)Oc2c(CC)c(-c3ccc(F)cc3)[nH]c(=O)c2C(=O)O)c(=O)[nH]c1-c1ccccc1. The lowest BCUT2D eigenvalue weighted by Gasteiger charge is -2.16. The van der Waals surface area contributed by atoms with Gasteiger partial charge in [0.05, 0.1) is 11.4 Å². The van der Waals surface area contributed by atoms with Gasteiger partial charge in [-0.3, -0.25) is 9.59 Å². The molecule has 2 heterocycles. The lowest BCUT2D eigenvalue weighted by atomic mass is 10.00. The number of aryl methyl sites for hydroxylation is 1. The van der Waals surface area contributed by atoms with Crippen LogP contribution in [0.1, 0.15) is 45.7 Å². The molecule has 0 bridgehead atoms. The molecule has 2 aromatic heterocycles. The van der Waals surface area contributed by atoms with Crippen molar-refractivity contribution in [1.29, 1.82) is 0 Å². The normalized spacial score (nSPS) is 10.8. The van der Waals surface area contributed by atoms with E-state index in [4.69, 9.17) is 4.74 Å². The van der Waals surface area contributed by atoms with Crippen molar-refractivity contribution < 1.29 is 23.8 Å². The second kappa shape index (κ2) is 10.4. The molecule has 4 aromatic rings. The number of esters is 1. The Morgan fingerprint density at radius 2 is 1.49 bits per heavy atom. The molecule has 0 aliphatic rings. The summed E-state index contributed by atoms with van der Waals surface area (Å²) >= 11 is 0. The molecule has 8 nitrogen and oxygen atoms in total. The number of aromatic nitrogens is 2. The van der Waals surface area contributed by atoms with E-state index in [-0.39, 0.29) is 23.2 Å². The van der Waals surface area contributed by atoms with Crippen molar-refractivity contribution in [2.45, 2.75) is 26.7 Å². The molecular weight excluding hydrogens is 479 g/mol. The number of carboxylic acids is 1. The highest BCUT2D eigenvalue weighted by Gasteiger charge is 2.27. The van der Waals surface area contributed by atoms with Gasteiger partial charge in [0.2, 0.25) is 0 Å². The summed E-state index contributed by atoms with van der Waals surface area (Å²) in [6, 6.07) is 15.7. The molecule has 0 aliphatic carbocycles. The average molecular weight is 502 g/mol. The van der Waals surface area contributed by atoms with Crippen LogP contribution in [0.5, 0.6) is 5.75 Å². The second-order valence-electron chi connectivity index (χ2n) is 8.20. The van der Waals surface area contributed by atoms with Gasteiger partial charge in [-0.1, -0.05) is 44.2 Å². The predicted octanol–water partition coefficient (Wildman–Crippen LogP) is 4.58. The summed E-state index contributed by atoms with van der Waals surface area (Å²) < 4.78 is 18.9. The number of hydrogen-bond acceptors (Lipinski definition) is 5. The summed E-state index contributed by atoms with van der Waals surface area (Å²) in [5, 5.41) is 9.72. The third kappa shape index (κ3) is 4.97. The van der Waals surface area contributed by atoms with Gasteiger partial charge < -0.3 is 19.8 Å². The number of aromatic amines is 2. The van der Waals surface area contributed by atoms with Gasteiger partial charge in [0.1, 0.15) is 11.4 Å². The first-order valence-corrected chi connectivity index (χ1v) is 11.6. The fourth-order valence-corrected chi connectivity index (χ4v) is 4.14. The molecule has 0 amide bonds. The Labute approximate surface area is 210 Å². The number of rotatable bonds is 7. The Morgan fingerprint density at radius 1 is 0.865 bits per heavy atom. The molecule has 3 N–H and O–H groups in total. The molecule has 188 valence electrons. The van der Waals surface area contributed by atoms with Crippen LogP contribution in [0.4, 0.5) is 4.39 Å². The zero-order valence-corrected chi connectivity index (χ0v) is 20.1. The quantitative estimate of drug-likeness (QED) is 0.317. The van der Waals surface area contributed by atoms with Crippen LogP contribution >= 0.6 is 0 Å². The number of hydrogen-bond donors (Lipinski definition) is 3. The third-order valence-corrected chi connectivity index (χ3v) is 5.95. The van der Waals surface area contributed by atoms with Gasteiger partial charge in [-0.05, 0) is 59.9 Å². The number of carbonyl (C=O) groups is 2. The van der Waals surface area contributed by atoms with Crippen LogP contribution in [0.25, 0.3) is 22.5 Å². The van der Waals surface area contributed by atoms with Crippen molar-refractivity contribution in [3.05, 3.63) is 109 Å². The number of aromatic carboxylic acids is 1. The molecule has 9 heteroatoms. The second-order valence-corrected chi connectivity index (χ2v) is 8.20. The number of ether oxygens (including phenoxy) is 1. The van der Waals surface area contributed by atoms with Gasteiger partial charge in [-0.25, -0.2) is 14.0 Å². The minimum Gasteiger partial charge on any atom is -0.477 e. The van der Waals surface area contributed by atoms with E-state index in [1.165, 1.54) is 30.3 Å². The highest BCUT2D eigenvalue weighted by molar-refractivity contribution is 5.96. The summed E-state index contributed by atoms with van der Waals surface area (Å²) in [6.07, 6.45) is 0.650. The van der Waals surface area contributed by atoms with Crippen LogP contribution in [-0.4, -0.2) is 27.0 Å². The summed E-state index contributed by atoms with van der Waals surface area (Å²) in [7, 11) is 0. The Bertz CT molecular complexity index is 1610. The molecule has 0 saturated carbocycles. The Morgan fingerprint density at radius 3 is 2.08 bits per heavy atom. The molecule has 0 radical (unpaired) electrons. The van der Waals surface area contributed by atoms with E-state index in [0.29, 0.717) is 23.2 Å². The topological polar surface area (TPSA) is 129 Å². The minimum absolute atomic E-state index is 0.163. The zero-order chi connectivity index (χ0) is 26.7. The van der Waals surface area contributed by atoms with Gasteiger partial charge in [-0.2, -0.15) is 0 Å². The predicted molar refractivity (Wildman–Crippen MR) is 136 cm³/mol. The lowest BCUT2D eigenvalue weighted by Crippen LogP contribution is -2.27. The van der Waals surface area contributed by atoms with E-state index < -0.39 is 40.2 Å². The van der Waals surface area contributed by atoms with Crippen LogP contribution in [0.2, 0.25) is 0 Å². The molecule has 37 heavy (non-hydrogen) atoms. The summed E-state index contributed by atoms with van der Waals surface area (Å²) in [5.74, 6) is -3.68. The molecule has 0 aliphatic heterocycles. The van der Waals surface area contributed by atoms with Gasteiger partial charge in [0, 0.05) is 5.56 Å². The number of carboxylic acid groups (broad SMARTS) is 1. The highest BCUT2D eigenvalue weighted by atomic mass is 19.1. The van der Waals surface area contributed by atoms with Crippen molar-refractivity contribution in [3.8, 4) is 28.3 Å². The number of nitrogens with one attached hydrogen (secondary N) is 2. The van der Waals surface area contributed by atoms with Gasteiger partial charge in [0.15, 0.2) is 11.3 Å². The first-order valence-electron chi connectivity index (χ1n) is 11.6. The Kier molecular flexibility index (Phi) is 7.15. The lowest BCUT2D eigenvalue weighted by molar-refractivity contribution is 0.0678. The van der Waals surface area contributed by atoms with Crippen LogP contribution in [0.3, 0.4) is 0 Å². The molecule has 0 atom stereocenters.